The average Bonchev–Trinajstić information content (AvgIpc) is 2.25. The van der Waals surface area contributed by atoms with E-state index in [-0.39, 0.29) is 0 Å². The molecule has 1 aliphatic heterocycles. The largest absolute Gasteiger partial charge is 0.382 e. The number of hydrogen-bond acceptors (Lipinski definition) is 2. The van der Waals surface area contributed by atoms with Gasteiger partial charge in [-0.2, -0.15) is 0 Å². The maximum Gasteiger partial charge on any atom is 0.0485 e. The number of ether oxygens (including phenoxy) is 1. The summed E-state index contributed by atoms with van der Waals surface area (Å²) in [7, 11) is 0. The maximum absolute atomic E-state index is 5.35. The summed E-state index contributed by atoms with van der Waals surface area (Å²) in [6.45, 7) is 6.07. The Bertz CT molecular complexity index is 329. The molecule has 0 atom stereocenters. The van der Waals surface area contributed by atoms with Crippen molar-refractivity contribution in [3.63, 3.8) is 0 Å². The van der Waals surface area contributed by atoms with Gasteiger partial charge in [0.15, 0.2) is 0 Å². The lowest BCUT2D eigenvalue weighted by molar-refractivity contribution is 0.0904. The fourth-order valence-electron chi connectivity index (χ4n) is 1.95. The Balaban J connectivity index is 2.05. The van der Waals surface area contributed by atoms with Gasteiger partial charge in [0.25, 0.3) is 0 Å². The van der Waals surface area contributed by atoms with Crippen LogP contribution in [-0.2, 0) is 4.74 Å². The van der Waals surface area contributed by atoms with Crippen LogP contribution < -0.4 is 5.32 Å². The van der Waals surface area contributed by atoms with Gasteiger partial charge < -0.3 is 10.1 Å². The first-order chi connectivity index (χ1) is 7.25. The molecule has 0 amide bonds. The minimum absolute atomic E-state index is 0.583. The molecular formula is C13H19NO. The molecule has 15 heavy (non-hydrogen) atoms. The summed E-state index contributed by atoms with van der Waals surface area (Å²) < 4.78 is 5.35. The molecule has 0 radical (unpaired) electrons. The molecular weight excluding hydrogens is 186 g/mol. The van der Waals surface area contributed by atoms with Gasteiger partial charge in [0, 0.05) is 24.9 Å². The first-order valence-corrected chi connectivity index (χ1v) is 5.67. The van der Waals surface area contributed by atoms with Crippen LogP contribution in [0.4, 0.5) is 5.69 Å². The van der Waals surface area contributed by atoms with Gasteiger partial charge in [0.05, 0.1) is 0 Å². The van der Waals surface area contributed by atoms with Gasteiger partial charge in [-0.3, -0.25) is 0 Å². The van der Waals surface area contributed by atoms with Gasteiger partial charge in [0.1, 0.15) is 0 Å². The number of nitrogens with one attached hydrogen (secondary N) is 1. The van der Waals surface area contributed by atoms with Gasteiger partial charge in [-0.05, 0) is 43.9 Å². The van der Waals surface area contributed by atoms with Crippen molar-refractivity contribution in [2.75, 3.05) is 18.5 Å². The topological polar surface area (TPSA) is 21.3 Å². The van der Waals surface area contributed by atoms with Crippen molar-refractivity contribution in [3.8, 4) is 0 Å². The van der Waals surface area contributed by atoms with Crippen molar-refractivity contribution in [3.05, 3.63) is 29.3 Å². The van der Waals surface area contributed by atoms with Crippen LogP contribution >= 0.6 is 0 Å². The Kier molecular flexibility index (Phi) is 3.27. The normalized spacial score (nSPS) is 17.7. The van der Waals surface area contributed by atoms with Crippen LogP contribution in [0.1, 0.15) is 24.0 Å². The summed E-state index contributed by atoms with van der Waals surface area (Å²) in [6.07, 6.45) is 2.24. The highest BCUT2D eigenvalue weighted by Gasteiger charge is 2.13. The van der Waals surface area contributed by atoms with Crippen LogP contribution in [0.2, 0.25) is 0 Å². The predicted octanol–water partition coefficient (Wildman–Crippen LogP) is 2.89. The minimum atomic E-state index is 0.583. The van der Waals surface area contributed by atoms with Gasteiger partial charge in [-0.1, -0.05) is 12.1 Å². The lowest BCUT2D eigenvalue weighted by Crippen LogP contribution is -2.28. The Labute approximate surface area is 91.6 Å². The third-order valence-corrected chi connectivity index (χ3v) is 2.97. The Morgan fingerprint density at radius 1 is 1.20 bits per heavy atom. The number of aryl methyl sites for hydroxylation is 2. The number of hydrogen-bond donors (Lipinski definition) is 1. The molecule has 1 saturated heterocycles. The van der Waals surface area contributed by atoms with Crippen molar-refractivity contribution in [1.29, 1.82) is 0 Å². The fraction of sp³-hybridized carbons (Fsp3) is 0.538. The SMILES string of the molecule is Cc1ccc(C)c(NC2CCOCC2)c1. The van der Waals surface area contributed by atoms with Crippen molar-refractivity contribution in [2.45, 2.75) is 32.7 Å². The standard InChI is InChI=1S/C13H19NO/c1-10-3-4-11(2)13(9-10)14-12-5-7-15-8-6-12/h3-4,9,12,14H,5-8H2,1-2H3. The molecule has 82 valence electrons. The highest BCUT2D eigenvalue weighted by Crippen LogP contribution is 2.20. The number of benzene rings is 1. The van der Waals surface area contributed by atoms with Crippen molar-refractivity contribution < 1.29 is 4.74 Å². The van der Waals surface area contributed by atoms with E-state index in [0.717, 1.165) is 26.1 Å². The summed E-state index contributed by atoms with van der Waals surface area (Å²) in [5, 5.41) is 3.61. The smallest absolute Gasteiger partial charge is 0.0485 e. The van der Waals surface area contributed by atoms with Crippen molar-refractivity contribution >= 4 is 5.69 Å². The highest BCUT2D eigenvalue weighted by atomic mass is 16.5. The molecule has 1 aromatic carbocycles. The molecule has 2 nitrogen and oxygen atoms in total. The summed E-state index contributed by atoms with van der Waals surface area (Å²) in [5.41, 5.74) is 3.92. The quantitative estimate of drug-likeness (QED) is 0.801. The molecule has 1 aromatic rings. The molecule has 1 aliphatic rings. The molecule has 0 aromatic heterocycles. The summed E-state index contributed by atoms with van der Waals surface area (Å²) in [4.78, 5) is 0. The molecule has 0 spiro atoms. The lowest BCUT2D eigenvalue weighted by atomic mass is 10.1. The van der Waals surface area contributed by atoms with E-state index in [1.54, 1.807) is 0 Å². The summed E-state index contributed by atoms with van der Waals surface area (Å²) in [6, 6.07) is 7.14. The molecule has 1 heterocycles. The summed E-state index contributed by atoms with van der Waals surface area (Å²) in [5.74, 6) is 0. The van der Waals surface area contributed by atoms with Crippen LogP contribution in [0.5, 0.6) is 0 Å². The van der Waals surface area contributed by atoms with Crippen LogP contribution in [0, 0.1) is 13.8 Å². The molecule has 0 saturated carbocycles. The van der Waals surface area contributed by atoms with E-state index in [1.807, 2.05) is 0 Å². The van der Waals surface area contributed by atoms with E-state index < -0.39 is 0 Å². The second-order valence-corrected chi connectivity index (χ2v) is 4.35. The second kappa shape index (κ2) is 4.67. The molecule has 0 bridgehead atoms. The van der Waals surface area contributed by atoms with Crippen LogP contribution in [0.15, 0.2) is 18.2 Å². The third kappa shape index (κ3) is 2.72. The first kappa shape index (κ1) is 10.5. The number of anilines is 1. The van der Waals surface area contributed by atoms with E-state index >= 15 is 0 Å². The van der Waals surface area contributed by atoms with Gasteiger partial charge in [0.2, 0.25) is 0 Å². The van der Waals surface area contributed by atoms with Crippen molar-refractivity contribution in [2.24, 2.45) is 0 Å². The zero-order valence-electron chi connectivity index (χ0n) is 9.55. The predicted molar refractivity (Wildman–Crippen MR) is 63.4 cm³/mol. The monoisotopic (exact) mass is 205 g/mol. The van der Waals surface area contributed by atoms with E-state index in [2.05, 4.69) is 37.4 Å². The molecule has 0 unspecified atom stereocenters. The Hall–Kier alpha value is -1.02. The van der Waals surface area contributed by atoms with E-state index in [9.17, 15) is 0 Å². The Morgan fingerprint density at radius 2 is 1.93 bits per heavy atom. The van der Waals surface area contributed by atoms with E-state index in [0.29, 0.717) is 6.04 Å². The first-order valence-electron chi connectivity index (χ1n) is 5.67. The molecule has 2 rings (SSSR count). The Morgan fingerprint density at radius 3 is 2.67 bits per heavy atom. The van der Waals surface area contributed by atoms with Gasteiger partial charge in [-0.25, -0.2) is 0 Å². The van der Waals surface area contributed by atoms with E-state index in [1.165, 1.54) is 16.8 Å². The van der Waals surface area contributed by atoms with E-state index in [4.69, 9.17) is 4.74 Å². The zero-order chi connectivity index (χ0) is 10.7. The molecule has 1 fully saturated rings. The average molecular weight is 205 g/mol. The maximum atomic E-state index is 5.35. The molecule has 0 aliphatic carbocycles. The third-order valence-electron chi connectivity index (χ3n) is 2.97. The van der Waals surface area contributed by atoms with Gasteiger partial charge >= 0.3 is 0 Å². The van der Waals surface area contributed by atoms with Crippen LogP contribution in [-0.4, -0.2) is 19.3 Å². The minimum Gasteiger partial charge on any atom is -0.382 e. The summed E-state index contributed by atoms with van der Waals surface area (Å²) >= 11 is 0. The van der Waals surface area contributed by atoms with Crippen molar-refractivity contribution in [1.82, 2.24) is 0 Å². The number of rotatable bonds is 2. The van der Waals surface area contributed by atoms with Crippen LogP contribution in [0.3, 0.4) is 0 Å². The fourth-order valence-corrected chi connectivity index (χ4v) is 1.95. The molecule has 2 heteroatoms. The van der Waals surface area contributed by atoms with Gasteiger partial charge in [-0.15, -0.1) is 0 Å². The molecule has 1 N–H and O–H groups in total. The highest BCUT2D eigenvalue weighted by molar-refractivity contribution is 5.53. The van der Waals surface area contributed by atoms with Crippen LogP contribution in [0.25, 0.3) is 0 Å². The second-order valence-electron chi connectivity index (χ2n) is 4.35. The zero-order valence-corrected chi connectivity index (χ0v) is 9.55. The lowest BCUT2D eigenvalue weighted by Gasteiger charge is -2.25.